The maximum atomic E-state index is 13.4. The van der Waals surface area contributed by atoms with E-state index in [4.69, 9.17) is 4.74 Å². The van der Waals surface area contributed by atoms with E-state index in [2.05, 4.69) is 15.5 Å². The highest BCUT2D eigenvalue weighted by molar-refractivity contribution is 7.14. The van der Waals surface area contributed by atoms with E-state index in [0.29, 0.717) is 0 Å². The van der Waals surface area contributed by atoms with Gasteiger partial charge in [-0.1, -0.05) is 11.3 Å². The maximum absolute atomic E-state index is 13.4. The average Bonchev–Trinajstić information content (AvgIpc) is 3.21. The zero-order valence-electron chi connectivity index (χ0n) is 11.9. The Bertz CT molecular complexity index is 613. The van der Waals surface area contributed by atoms with Gasteiger partial charge in [-0.15, -0.1) is 10.2 Å². The minimum atomic E-state index is -0.364. The van der Waals surface area contributed by atoms with Crippen molar-refractivity contribution in [3.63, 3.8) is 0 Å². The SMILES string of the molecule is COc1cc(-c2nnc(CCCNC3CC3)s2)ccc1F. The maximum Gasteiger partial charge on any atom is 0.165 e. The smallest absolute Gasteiger partial charge is 0.165 e. The van der Waals surface area contributed by atoms with Crippen molar-refractivity contribution in [1.29, 1.82) is 0 Å². The van der Waals surface area contributed by atoms with Gasteiger partial charge < -0.3 is 10.1 Å². The number of nitrogens with one attached hydrogen (secondary N) is 1. The first-order valence-corrected chi connectivity index (χ1v) is 7.97. The zero-order chi connectivity index (χ0) is 14.7. The standard InChI is InChI=1S/C15H18FN3OS/c1-20-13-9-10(4-7-12(13)16)15-19-18-14(21-15)3-2-8-17-11-5-6-11/h4,7,9,11,17H,2-3,5-6,8H2,1H3. The molecular formula is C15H18FN3OS. The van der Waals surface area contributed by atoms with Crippen LogP contribution in [-0.4, -0.2) is 29.9 Å². The third-order valence-electron chi connectivity index (χ3n) is 3.44. The largest absolute Gasteiger partial charge is 0.494 e. The molecule has 0 amide bonds. The van der Waals surface area contributed by atoms with Crippen molar-refractivity contribution >= 4 is 11.3 Å². The van der Waals surface area contributed by atoms with Gasteiger partial charge in [0.25, 0.3) is 0 Å². The monoisotopic (exact) mass is 307 g/mol. The Labute approximate surface area is 127 Å². The van der Waals surface area contributed by atoms with Crippen LogP contribution in [0.1, 0.15) is 24.3 Å². The van der Waals surface area contributed by atoms with E-state index in [1.807, 2.05) is 0 Å². The lowest BCUT2D eigenvalue weighted by Crippen LogP contribution is -2.17. The zero-order valence-corrected chi connectivity index (χ0v) is 12.8. The summed E-state index contributed by atoms with van der Waals surface area (Å²) in [4.78, 5) is 0. The Kier molecular flexibility index (Phi) is 4.45. The molecule has 0 unspecified atom stereocenters. The first-order valence-electron chi connectivity index (χ1n) is 7.16. The molecule has 6 heteroatoms. The summed E-state index contributed by atoms with van der Waals surface area (Å²) in [5, 5.41) is 13.7. The molecule has 3 rings (SSSR count). The molecule has 1 saturated carbocycles. The van der Waals surface area contributed by atoms with Crippen molar-refractivity contribution in [3.05, 3.63) is 29.0 Å². The molecule has 0 atom stereocenters. The summed E-state index contributed by atoms with van der Waals surface area (Å²) in [6.45, 7) is 1.03. The lowest BCUT2D eigenvalue weighted by Gasteiger charge is -2.02. The molecule has 4 nitrogen and oxygen atoms in total. The first kappa shape index (κ1) is 14.4. The van der Waals surface area contributed by atoms with Crippen LogP contribution < -0.4 is 10.1 Å². The first-order chi connectivity index (χ1) is 10.3. The fraction of sp³-hybridized carbons (Fsp3) is 0.467. The second-order valence-electron chi connectivity index (χ2n) is 5.18. The molecule has 112 valence electrons. The van der Waals surface area contributed by atoms with Crippen molar-refractivity contribution < 1.29 is 9.13 Å². The molecule has 0 aliphatic heterocycles. The second kappa shape index (κ2) is 6.49. The van der Waals surface area contributed by atoms with Gasteiger partial charge in [0.1, 0.15) is 10.0 Å². The highest BCUT2D eigenvalue weighted by atomic mass is 32.1. The number of rotatable bonds is 7. The van der Waals surface area contributed by atoms with Gasteiger partial charge in [-0.05, 0) is 44.0 Å². The van der Waals surface area contributed by atoms with Crippen LogP contribution in [-0.2, 0) is 6.42 Å². The number of aromatic nitrogens is 2. The van der Waals surface area contributed by atoms with Gasteiger partial charge in [-0.2, -0.15) is 0 Å². The molecule has 0 spiro atoms. The van der Waals surface area contributed by atoms with Crippen LogP contribution in [0.25, 0.3) is 10.6 Å². The Morgan fingerprint density at radius 1 is 1.38 bits per heavy atom. The Morgan fingerprint density at radius 2 is 2.24 bits per heavy atom. The number of benzene rings is 1. The molecule has 0 radical (unpaired) electrons. The summed E-state index contributed by atoms with van der Waals surface area (Å²) in [5.41, 5.74) is 0.841. The predicted molar refractivity (Wildman–Crippen MR) is 81.2 cm³/mol. The van der Waals surface area contributed by atoms with Gasteiger partial charge >= 0.3 is 0 Å². The van der Waals surface area contributed by atoms with Crippen molar-refractivity contribution in [3.8, 4) is 16.3 Å². The fourth-order valence-corrected chi connectivity index (χ4v) is 2.98. The van der Waals surface area contributed by atoms with Gasteiger partial charge in [0.2, 0.25) is 0 Å². The fourth-order valence-electron chi connectivity index (χ4n) is 2.10. The molecule has 0 saturated heterocycles. The summed E-state index contributed by atoms with van der Waals surface area (Å²) in [5.74, 6) is -0.130. The molecule has 1 heterocycles. The molecular weight excluding hydrogens is 289 g/mol. The Hall–Kier alpha value is -1.53. The molecule has 0 bridgehead atoms. The molecule has 1 aromatic carbocycles. The highest BCUT2D eigenvalue weighted by Gasteiger charge is 2.19. The third kappa shape index (κ3) is 3.77. The molecule has 1 aliphatic rings. The predicted octanol–water partition coefficient (Wildman–Crippen LogP) is 3.04. The van der Waals surface area contributed by atoms with E-state index in [0.717, 1.165) is 41.0 Å². The number of ether oxygens (including phenoxy) is 1. The van der Waals surface area contributed by atoms with Crippen molar-refractivity contribution in [1.82, 2.24) is 15.5 Å². The average molecular weight is 307 g/mol. The van der Waals surface area contributed by atoms with Gasteiger partial charge in [0.15, 0.2) is 11.6 Å². The number of aryl methyl sites for hydroxylation is 1. The van der Waals surface area contributed by atoms with Crippen LogP contribution in [0.4, 0.5) is 4.39 Å². The Morgan fingerprint density at radius 3 is 3.00 bits per heavy atom. The summed E-state index contributed by atoms with van der Waals surface area (Å²) in [6.07, 6.45) is 4.62. The number of methoxy groups -OCH3 is 1. The van der Waals surface area contributed by atoms with Crippen LogP contribution in [0, 0.1) is 5.82 Å². The minimum Gasteiger partial charge on any atom is -0.494 e. The van der Waals surface area contributed by atoms with Crippen molar-refractivity contribution in [2.75, 3.05) is 13.7 Å². The van der Waals surface area contributed by atoms with E-state index in [9.17, 15) is 4.39 Å². The molecule has 21 heavy (non-hydrogen) atoms. The highest BCUT2D eigenvalue weighted by Crippen LogP contribution is 2.28. The van der Waals surface area contributed by atoms with E-state index in [-0.39, 0.29) is 11.6 Å². The van der Waals surface area contributed by atoms with Crippen molar-refractivity contribution in [2.45, 2.75) is 31.7 Å². The summed E-state index contributed by atoms with van der Waals surface area (Å²) in [6, 6.07) is 5.52. The van der Waals surface area contributed by atoms with Crippen LogP contribution in [0.3, 0.4) is 0 Å². The molecule has 1 aromatic heterocycles. The van der Waals surface area contributed by atoms with E-state index in [1.54, 1.807) is 23.5 Å². The van der Waals surface area contributed by atoms with Crippen molar-refractivity contribution in [2.24, 2.45) is 0 Å². The number of nitrogens with zero attached hydrogens (tertiary/aromatic N) is 2. The molecule has 1 fully saturated rings. The van der Waals surface area contributed by atoms with Gasteiger partial charge in [0, 0.05) is 18.0 Å². The normalized spacial score (nSPS) is 14.4. The number of hydrogen-bond donors (Lipinski definition) is 1. The van der Waals surface area contributed by atoms with Crippen LogP contribution in [0.5, 0.6) is 5.75 Å². The van der Waals surface area contributed by atoms with Crippen LogP contribution in [0.15, 0.2) is 18.2 Å². The third-order valence-corrected chi connectivity index (χ3v) is 4.47. The lowest BCUT2D eigenvalue weighted by molar-refractivity contribution is 0.387. The summed E-state index contributed by atoms with van der Waals surface area (Å²) >= 11 is 1.56. The Balaban J connectivity index is 1.60. The molecule has 1 aliphatic carbocycles. The quantitative estimate of drug-likeness (QED) is 0.799. The molecule has 2 aromatic rings. The summed E-state index contributed by atoms with van der Waals surface area (Å²) < 4.78 is 18.4. The minimum absolute atomic E-state index is 0.234. The van der Waals surface area contributed by atoms with Gasteiger partial charge in [-0.3, -0.25) is 0 Å². The number of halogens is 1. The molecule has 1 N–H and O–H groups in total. The van der Waals surface area contributed by atoms with E-state index < -0.39 is 0 Å². The van der Waals surface area contributed by atoms with E-state index >= 15 is 0 Å². The topological polar surface area (TPSA) is 47.0 Å². The van der Waals surface area contributed by atoms with Crippen LogP contribution in [0.2, 0.25) is 0 Å². The number of hydrogen-bond acceptors (Lipinski definition) is 5. The van der Waals surface area contributed by atoms with Gasteiger partial charge in [-0.25, -0.2) is 4.39 Å². The second-order valence-corrected chi connectivity index (χ2v) is 6.24. The van der Waals surface area contributed by atoms with Crippen LogP contribution >= 0.6 is 11.3 Å². The van der Waals surface area contributed by atoms with E-state index in [1.165, 1.54) is 26.0 Å². The summed E-state index contributed by atoms with van der Waals surface area (Å²) in [7, 11) is 1.46. The van der Waals surface area contributed by atoms with Gasteiger partial charge in [0.05, 0.1) is 7.11 Å². The lowest BCUT2D eigenvalue weighted by atomic mass is 10.2.